The Balaban J connectivity index is 2.04. The topological polar surface area (TPSA) is 22.4 Å². The first-order valence-corrected chi connectivity index (χ1v) is 6.53. The lowest BCUT2D eigenvalue weighted by Gasteiger charge is -2.14. The standard InChI is InChI=1S/C17H16O2/c1-2-18-17(13-8-4-3-5-9-13)16-12-14-10-6-7-11-15(14)19-16/h3-12,17H,2H2,1H3. The highest BCUT2D eigenvalue weighted by atomic mass is 16.5. The molecule has 0 aliphatic heterocycles. The molecule has 19 heavy (non-hydrogen) atoms. The van der Waals surface area contributed by atoms with Crippen LogP contribution in [0.4, 0.5) is 0 Å². The van der Waals surface area contributed by atoms with Crippen LogP contribution < -0.4 is 0 Å². The van der Waals surface area contributed by atoms with E-state index in [0.29, 0.717) is 6.61 Å². The number of benzene rings is 2. The Kier molecular flexibility index (Phi) is 3.34. The van der Waals surface area contributed by atoms with Gasteiger partial charge in [-0.25, -0.2) is 0 Å². The number of para-hydroxylation sites is 1. The lowest BCUT2D eigenvalue weighted by Crippen LogP contribution is -2.04. The van der Waals surface area contributed by atoms with Crippen LogP contribution in [0.1, 0.15) is 24.4 Å². The summed E-state index contributed by atoms with van der Waals surface area (Å²) in [6.45, 7) is 2.65. The van der Waals surface area contributed by atoms with Gasteiger partial charge in [0, 0.05) is 12.0 Å². The van der Waals surface area contributed by atoms with Gasteiger partial charge < -0.3 is 9.15 Å². The van der Waals surface area contributed by atoms with Crippen LogP contribution in [0, 0.1) is 0 Å². The molecule has 2 aromatic carbocycles. The van der Waals surface area contributed by atoms with Crippen LogP contribution in [-0.4, -0.2) is 6.61 Å². The van der Waals surface area contributed by atoms with E-state index in [1.54, 1.807) is 0 Å². The zero-order valence-electron chi connectivity index (χ0n) is 10.9. The van der Waals surface area contributed by atoms with Crippen LogP contribution in [-0.2, 0) is 4.74 Å². The number of hydrogen-bond acceptors (Lipinski definition) is 2. The van der Waals surface area contributed by atoms with Gasteiger partial charge in [-0.2, -0.15) is 0 Å². The Morgan fingerprint density at radius 2 is 1.74 bits per heavy atom. The molecule has 0 saturated carbocycles. The van der Waals surface area contributed by atoms with Gasteiger partial charge in [0.1, 0.15) is 17.4 Å². The summed E-state index contributed by atoms with van der Waals surface area (Å²) in [7, 11) is 0. The summed E-state index contributed by atoms with van der Waals surface area (Å²) in [5, 5.41) is 1.11. The van der Waals surface area contributed by atoms with Crippen molar-refractivity contribution >= 4 is 11.0 Å². The van der Waals surface area contributed by atoms with E-state index in [4.69, 9.17) is 9.15 Å². The predicted octanol–water partition coefficient (Wildman–Crippen LogP) is 4.56. The van der Waals surface area contributed by atoms with E-state index in [1.165, 1.54) is 0 Å². The van der Waals surface area contributed by atoms with Crippen LogP contribution in [0.2, 0.25) is 0 Å². The molecule has 0 spiro atoms. The van der Waals surface area contributed by atoms with E-state index in [1.807, 2.05) is 43.3 Å². The zero-order chi connectivity index (χ0) is 13.1. The molecule has 0 N–H and O–H groups in total. The second-order valence-corrected chi connectivity index (χ2v) is 4.43. The van der Waals surface area contributed by atoms with Gasteiger partial charge in [0.05, 0.1) is 0 Å². The lowest BCUT2D eigenvalue weighted by atomic mass is 10.1. The highest BCUT2D eigenvalue weighted by molar-refractivity contribution is 5.77. The Labute approximate surface area is 112 Å². The summed E-state index contributed by atoms with van der Waals surface area (Å²) in [6.07, 6.45) is -0.140. The highest BCUT2D eigenvalue weighted by Gasteiger charge is 2.18. The summed E-state index contributed by atoms with van der Waals surface area (Å²) in [6, 6.07) is 20.2. The molecule has 1 aromatic heterocycles. The van der Waals surface area contributed by atoms with Crippen molar-refractivity contribution in [1.29, 1.82) is 0 Å². The molecule has 96 valence electrons. The molecule has 0 amide bonds. The van der Waals surface area contributed by atoms with Gasteiger partial charge in [-0.15, -0.1) is 0 Å². The first kappa shape index (κ1) is 12.0. The van der Waals surface area contributed by atoms with E-state index in [0.717, 1.165) is 22.3 Å². The Hall–Kier alpha value is -2.06. The van der Waals surface area contributed by atoms with E-state index < -0.39 is 0 Å². The quantitative estimate of drug-likeness (QED) is 0.679. The van der Waals surface area contributed by atoms with E-state index in [-0.39, 0.29) is 6.10 Å². The van der Waals surface area contributed by atoms with E-state index in [9.17, 15) is 0 Å². The van der Waals surface area contributed by atoms with Crippen LogP contribution in [0.25, 0.3) is 11.0 Å². The molecule has 1 atom stereocenters. The number of furan rings is 1. The minimum Gasteiger partial charge on any atom is -0.458 e. The fraction of sp³-hybridized carbons (Fsp3) is 0.176. The van der Waals surface area contributed by atoms with Gasteiger partial charge in [0.2, 0.25) is 0 Å². The molecule has 1 unspecified atom stereocenters. The predicted molar refractivity (Wildman–Crippen MR) is 76.1 cm³/mol. The van der Waals surface area contributed by atoms with Crippen molar-refractivity contribution in [2.24, 2.45) is 0 Å². The monoisotopic (exact) mass is 252 g/mol. The summed E-state index contributed by atoms with van der Waals surface area (Å²) >= 11 is 0. The van der Waals surface area contributed by atoms with Crippen molar-refractivity contribution in [3.8, 4) is 0 Å². The highest BCUT2D eigenvalue weighted by Crippen LogP contribution is 2.30. The Bertz CT molecular complexity index is 622. The summed E-state index contributed by atoms with van der Waals surface area (Å²) in [5.41, 5.74) is 2.02. The van der Waals surface area contributed by atoms with Gasteiger partial charge in [0.15, 0.2) is 0 Å². The molecule has 0 radical (unpaired) electrons. The number of rotatable bonds is 4. The molecule has 0 aliphatic carbocycles. The first-order chi connectivity index (χ1) is 9.38. The molecule has 0 fully saturated rings. The molecule has 2 nitrogen and oxygen atoms in total. The Morgan fingerprint density at radius 3 is 2.47 bits per heavy atom. The Morgan fingerprint density at radius 1 is 1.00 bits per heavy atom. The minimum absolute atomic E-state index is 0.140. The fourth-order valence-corrected chi connectivity index (χ4v) is 2.27. The van der Waals surface area contributed by atoms with Crippen LogP contribution in [0.3, 0.4) is 0 Å². The fourth-order valence-electron chi connectivity index (χ4n) is 2.27. The molecular formula is C17H16O2. The second-order valence-electron chi connectivity index (χ2n) is 4.43. The van der Waals surface area contributed by atoms with Crippen molar-refractivity contribution < 1.29 is 9.15 Å². The van der Waals surface area contributed by atoms with Crippen molar-refractivity contribution in [3.05, 3.63) is 72.0 Å². The smallest absolute Gasteiger partial charge is 0.140 e. The SMILES string of the molecule is CCOC(c1ccccc1)c1cc2ccccc2o1. The van der Waals surface area contributed by atoms with Gasteiger partial charge in [-0.1, -0.05) is 48.5 Å². The third-order valence-corrected chi connectivity index (χ3v) is 3.14. The largest absolute Gasteiger partial charge is 0.458 e. The van der Waals surface area contributed by atoms with Gasteiger partial charge in [-0.3, -0.25) is 0 Å². The third kappa shape index (κ3) is 2.40. The first-order valence-electron chi connectivity index (χ1n) is 6.53. The lowest BCUT2D eigenvalue weighted by molar-refractivity contribution is 0.0766. The maximum absolute atomic E-state index is 5.91. The number of fused-ring (bicyclic) bond motifs is 1. The normalized spacial score (nSPS) is 12.7. The third-order valence-electron chi connectivity index (χ3n) is 3.14. The number of ether oxygens (including phenoxy) is 1. The van der Waals surface area contributed by atoms with Crippen LogP contribution >= 0.6 is 0 Å². The maximum Gasteiger partial charge on any atom is 0.140 e. The number of hydrogen-bond donors (Lipinski definition) is 0. The summed E-state index contributed by atoms with van der Waals surface area (Å²) in [5.74, 6) is 0.856. The molecule has 2 heteroatoms. The van der Waals surface area contributed by atoms with Crippen molar-refractivity contribution in [1.82, 2.24) is 0 Å². The molecule has 0 bridgehead atoms. The second kappa shape index (κ2) is 5.29. The van der Waals surface area contributed by atoms with Crippen LogP contribution in [0.15, 0.2) is 65.1 Å². The summed E-state index contributed by atoms with van der Waals surface area (Å²) < 4.78 is 11.8. The zero-order valence-corrected chi connectivity index (χ0v) is 10.9. The summed E-state index contributed by atoms with van der Waals surface area (Å²) in [4.78, 5) is 0. The van der Waals surface area contributed by atoms with Gasteiger partial charge in [0.25, 0.3) is 0 Å². The maximum atomic E-state index is 5.91. The van der Waals surface area contributed by atoms with Crippen molar-refractivity contribution in [2.75, 3.05) is 6.61 Å². The molecule has 1 heterocycles. The molecule has 3 aromatic rings. The van der Waals surface area contributed by atoms with Crippen molar-refractivity contribution in [2.45, 2.75) is 13.0 Å². The molecule has 0 aliphatic rings. The minimum atomic E-state index is -0.140. The van der Waals surface area contributed by atoms with E-state index >= 15 is 0 Å². The van der Waals surface area contributed by atoms with Gasteiger partial charge >= 0.3 is 0 Å². The molecular weight excluding hydrogens is 236 g/mol. The van der Waals surface area contributed by atoms with Crippen LogP contribution in [0.5, 0.6) is 0 Å². The van der Waals surface area contributed by atoms with Crippen molar-refractivity contribution in [3.63, 3.8) is 0 Å². The van der Waals surface area contributed by atoms with Gasteiger partial charge in [-0.05, 0) is 24.6 Å². The molecule has 3 rings (SSSR count). The average molecular weight is 252 g/mol. The average Bonchev–Trinajstić information content (AvgIpc) is 2.89. The van der Waals surface area contributed by atoms with E-state index in [2.05, 4.69) is 24.3 Å². The molecule has 0 saturated heterocycles.